The Hall–Kier alpha value is -2.85. The average Bonchev–Trinajstić information content (AvgIpc) is 2.87. The van der Waals surface area contributed by atoms with Crippen LogP contribution in [0.1, 0.15) is 22.8 Å². The van der Waals surface area contributed by atoms with Crippen LogP contribution in [0.3, 0.4) is 0 Å². The molecule has 1 aliphatic rings. The number of rotatable bonds is 9. The van der Waals surface area contributed by atoms with Crippen molar-refractivity contribution in [2.45, 2.75) is 24.5 Å². The highest BCUT2D eigenvalue weighted by Gasteiger charge is 2.31. The molecule has 0 aliphatic carbocycles. The Bertz CT molecular complexity index is 1280. The van der Waals surface area contributed by atoms with E-state index in [2.05, 4.69) is 4.90 Å². The van der Waals surface area contributed by atoms with E-state index in [9.17, 15) is 17.2 Å². The molecule has 3 aromatic rings. The van der Waals surface area contributed by atoms with E-state index in [-0.39, 0.29) is 19.2 Å². The highest BCUT2D eigenvalue weighted by molar-refractivity contribution is 7.89. The first-order valence-corrected chi connectivity index (χ1v) is 13.2. The Labute approximate surface area is 211 Å². The predicted octanol–water partition coefficient (Wildman–Crippen LogP) is 4.55. The van der Waals surface area contributed by atoms with Gasteiger partial charge in [0.1, 0.15) is 22.3 Å². The molecule has 36 heavy (non-hydrogen) atoms. The smallest absolute Gasteiger partial charge is 0.246 e. The Kier molecular flexibility index (Phi) is 8.35. The van der Waals surface area contributed by atoms with Crippen LogP contribution in [0.25, 0.3) is 0 Å². The minimum Gasteiger partial charge on any atom is -0.497 e. The van der Waals surface area contributed by atoms with Gasteiger partial charge in [0, 0.05) is 38.8 Å². The second kappa shape index (κ2) is 11.5. The summed E-state index contributed by atoms with van der Waals surface area (Å²) in [7, 11) is -2.44. The lowest BCUT2D eigenvalue weighted by Crippen LogP contribution is -2.49. The first-order valence-electron chi connectivity index (χ1n) is 11.7. The second-order valence-corrected chi connectivity index (χ2v) is 10.7. The summed E-state index contributed by atoms with van der Waals surface area (Å²) in [5.74, 6) is -1.17. The number of piperazine rings is 1. The Morgan fingerprint density at radius 3 is 2.33 bits per heavy atom. The van der Waals surface area contributed by atoms with Crippen LogP contribution in [0.5, 0.6) is 5.75 Å². The predicted molar refractivity (Wildman–Crippen MR) is 133 cm³/mol. The Morgan fingerprint density at radius 1 is 0.944 bits per heavy atom. The van der Waals surface area contributed by atoms with Crippen molar-refractivity contribution in [2.75, 3.05) is 39.8 Å². The monoisotopic (exact) mass is 516 g/mol. The van der Waals surface area contributed by atoms with E-state index in [4.69, 9.17) is 9.47 Å². The number of sulfonamides is 1. The van der Waals surface area contributed by atoms with Crippen LogP contribution in [0.4, 0.5) is 8.78 Å². The molecular formula is C27H30F2N2O4S. The Morgan fingerprint density at radius 2 is 1.67 bits per heavy atom. The van der Waals surface area contributed by atoms with E-state index in [0.717, 1.165) is 29.0 Å². The van der Waals surface area contributed by atoms with Gasteiger partial charge in [0.25, 0.3) is 0 Å². The fourth-order valence-corrected chi connectivity index (χ4v) is 5.66. The van der Waals surface area contributed by atoms with Crippen molar-refractivity contribution in [1.29, 1.82) is 0 Å². The molecule has 1 fully saturated rings. The zero-order chi connectivity index (χ0) is 25.7. The molecule has 0 bridgehead atoms. The number of aryl methyl sites for hydroxylation is 1. The van der Waals surface area contributed by atoms with Gasteiger partial charge in [0.15, 0.2) is 0 Å². The molecule has 0 N–H and O–H groups in total. The fraction of sp³-hybridized carbons (Fsp3) is 0.333. The second-order valence-electron chi connectivity index (χ2n) is 8.84. The van der Waals surface area contributed by atoms with E-state index in [0.29, 0.717) is 32.3 Å². The lowest BCUT2D eigenvalue weighted by molar-refractivity contribution is 0.00762. The Balaban J connectivity index is 1.44. The summed E-state index contributed by atoms with van der Waals surface area (Å²) in [4.78, 5) is 1.62. The molecule has 0 saturated carbocycles. The molecule has 1 heterocycles. The summed E-state index contributed by atoms with van der Waals surface area (Å²) in [6.07, 6.45) is -0.265. The standard InChI is InChI=1S/C27H30F2N2O4S/c1-20-6-8-21(9-7-20)19-35-26(22-4-3-5-24(16-22)34-2)18-30-12-14-31(15-13-30)36(32,33)27-11-10-23(28)17-25(27)29/h3-11,16-17,26H,12-15,18-19H2,1-2H3/t26-/m0/s1. The van der Waals surface area contributed by atoms with Gasteiger partial charge in [-0.05, 0) is 42.3 Å². The number of hydrogen-bond acceptors (Lipinski definition) is 5. The van der Waals surface area contributed by atoms with Crippen molar-refractivity contribution >= 4 is 10.0 Å². The van der Waals surface area contributed by atoms with E-state index < -0.39 is 26.6 Å². The van der Waals surface area contributed by atoms with Crippen molar-refractivity contribution in [3.63, 3.8) is 0 Å². The van der Waals surface area contributed by atoms with E-state index in [1.807, 2.05) is 55.5 Å². The summed E-state index contributed by atoms with van der Waals surface area (Å²) >= 11 is 0. The van der Waals surface area contributed by atoms with E-state index in [1.165, 1.54) is 9.87 Å². The first-order chi connectivity index (χ1) is 17.3. The molecule has 1 atom stereocenters. The summed E-state index contributed by atoms with van der Waals surface area (Å²) in [6, 6.07) is 18.4. The molecule has 0 radical (unpaired) electrons. The molecule has 0 aromatic heterocycles. The molecule has 9 heteroatoms. The van der Waals surface area contributed by atoms with Gasteiger partial charge < -0.3 is 9.47 Å². The van der Waals surface area contributed by atoms with Gasteiger partial charge in [-0.2, -0.15) is 4.31 Å². The van der Waals surface area contributed by atoms with Crippen molar-refractivity contribution in [1.82, 2.24) is 9.21 Å². The molecule has 0 unspecified atom stereocenters. The van der Waals surface area contributed by atoms with Crippen molar-refractivity contribution in [2.24, 2.45) is 0 Å². The van der Waals surface area contributed by atoms with Gasteiger partial charge in [-0.3, -0.25) is 4.90 Å². The van der Waals surface area contributed by atoms with Crippen LogP contribution in [-0.2, 0) is 21.4 Å². The number of hydrogen-bond donors (Lipinski definition) is 0. The third-order valence-corrected chi connectivity index (χ3v) is 8.24. The molecule has 3 aromatic carbocycles. The number of halogens is 2. The van der Waals surface area contributed by atoms with Crippen LogP contribution in [0.15, 0.2) is 71.6 Å². The van der Waals surface area contributed by atoms with E-state index >= 15 is 0 Å². The molecule has 4 rings (SSSR count). The zero-order valence-electron chi connectivity index (χ0n) is 20.4. The first kappa shape index (κ1) is 26.2. The highest BCUT2D eigenvalue weighted by Crippen LogP contribution is 2.26. The molecule has 6 nitrogen and oxygen atoms in total. The maximum absolute atomic E-state index is 14.2. The summed E-state index contributed by atoms with van der Waals surface area (Å²) in [5, 5.41) is 0. The van der Waals surface area contributed by atoms with Crippen LogP contribution >= 0.6 is 0 Å². The number of methoxy groups -OCH3 is 1. The molecule has 1 aliphatic heterocycles. The van der Waals surface area contributed by atoms with Crippen LogP contribution < -0.4 is 4.74 Å². The van der Waals surface area contributed by atoms with Crippen LogP contribution in [0.2, 0.25) is 0 Å². The van der Waals surface area contributed by atoms with Gasteiger partial charge in [0.05, 0.1) is 19.8 Å². The molecular weight excluding hydrogens is 486 g/mol. The minimum atomic E-state index is -4.06. The largest absolute Gasteiger partial charge is 0.497 e. The quantitative estimate of drug-likeness (QED) is 0.418. The SMILES string of the molecule is COc1cccc([C@H](CN2CCN(S(=O)(=O)c3ccc(F)cc3F)CC2)OCc2ccc(C)cc2)c1. The summed E-state index contributed by atoms with van der Waals surface area (Å²) < 4.78 is 66.2. The third-order valence-electron chi connectivity index (χ3n) is 6.30. The normalized spacial score (nSPS) is 16.1. The molecule has 0 amide bonds. The van der Waals surface area contributed by atoms with Crippen molar-refractivity contribution < 1.29 is 26.7 Å². The molecule has 0 spiro atoms. The molecule has 192 valence electrons. The molecule has 1 saturated heterocycles. The van der Waals surface area contributed by atoms with Crippen LogP contribution in [0, 0.1) is 18.6 Å². The lowest BCUT2D eigenvalue weighted by atomic mass is 10.1. The number of nitrogens with zero attached hydrogens (tertiary/aromatic N) is 2. The summed E-state index contributed by atoms with van der Waals surface area (Å²) in [6.45, 7) is 4.32. The van der Waals surface area contributed by atoms with Gasteiger partial charge in [0.2, 0.25) is 10.0 Å². The van der Waals surface area contributed by atoms with Crippen molar-refractivity contribution in [3.8, 4) is 5.75 Å². The lowest BCUT2D eigenvalue weighted by Gasteiger charge is -2.36. The van der Waals surface area contributed by atoms with Gasteiger partial charge >= 0.3 is 0 Å². The minimum absolute atomic E-state index is 0.196. The number of benzene rings is 3. The highest BCUT2D eigenvalue weighted by atomic mass is 32.2. The maximum Gasteiger partial charge on any atom is 0.246 e. The third kappa shape index (κ3) is 6.28. The number of ether oxygens (including phenoxy) is 2. The topological polar surface area (TPSA) is 59.1 Å². The van der Waals surface area contributed by atoms with Gasteiger partial charge in [-0.15, -0.1) is 0 Å². The fourth-order valence-electron chi connectivity index (χ4n) is 4.19. The van der Waals surface area contributed by atoms with Gasteiger partial charge in [-0.1, -0.05) is 42.0 Å². The van der Waals surface area contributed by atoms with Crippen molar-refractivity contribution in [3.05, 3.63) is 95.1 Å². The van der Waals surface area contributed by atoms with Crippen LogP contribution in [-0.4, -0.2) is 57.5 Å². The summed E-state index contributed by atoms with van der Waals surface area (Å²) in [5.41, 5.74) is 3.20. The maximum atomic E-state index is 14.2. The zero-order valence-corrected chi connectivity index (χ0v) is 21.2. The average molecular weight is 517 g/mol. The van der Waals surface area contributed by atoms with E-state index in [1.54, 1.807) is 7.11 Å². The van der Waals surface area contributed by atoms with Gasteiger partial charge in [-0.25, -0.2) is 17.2 Å².